The Morgan fingerprint density at radius 1 is 0.698 bits per heavy atom. The Hall–Kier alpha value is -5.10. The van der Waals surface area contributed by atoms with E-state index in [0.717, 1.165) is 0 Å². The van der Waals surface area contributed by atoms with Gasteiger partial charge >= 0.3 is 11.9 Å². The summed E-state index contributed by atoms with van der Waals surface area (Å²) in [5.74, 6) is -1.03. The van der Waals surface area contributed by atoms with Gasteiger partial charge in [-0.05, 0) is 13.8 Å². The standard InChI is InChI=1S/C42H52N2O9/c1-7-21-33(46)41(3,4)35-25-19-15-12-13-17-23-30(45)27-38-44-32(29-51-38)40(49)53-36(42(5,6)34(47)22-8-2)24-18-14-10-9-11-16-20-26-37-43-31(28-50-37)39(48)52-35/h7-23,26,28-30,33-36,45-47H,24-25,27H2,1-6H3/b10-9?,13-12?,16-11?,18-14?,19-15?,21-7+,22-8+,23-17?,26-20?. The number of rotatable bonds is 6. The number of aromatic nitrogens is 2. The SMILES string of the molecule is C/C=C/C(O)C(C)(C)C1CC=CC=CC=CC(O)Cc2nc(co2)C(=O)OC(C(C)(C)C(O)/C=C/C)CC=CC=CC=CC=Cc2nc(co2)C(=O)O1. The van der Waals surface area contributed by atoms with Crippen LogP contribution in [0.4, 0.5) is 0 Å². The lowest BCUT2D eigenvalue weighted by Crippen LogP contribution is -2.42. The number of hydrogen-bond donors (Lipinski definition) is 3. The molecule has 0 amide bonds. The molecule has 0 fully saturated rings. The van der Waals surface area contributed by atoms with Gasteiger partial charge in [-0.25, -0.2) is 19.6 Å². The van der Waals surface area contributed by atoms with Gasteiger partial charge in [0.15, 0.2) is 17.3 Å². The fourth-order valence-electron chi connectivity index (χ4n) is 5.11. The highest BCUT2D eigenvalue weighted by Gasteiger charge is 2.39. The van der Waals surface area contributed by atoms with Crippen molar-refractivity contribution in [1.29, 1.82) is 0 Å². The number of cyclic esters (lactones) is 2. The first-order chi connectivity index (χ1) is 25.3. The van der Waals surface area contributed by atoms with E-state index < -0.39 is 53.3 Å². The lowest BCUT2D eigenvalue weighted by Gasteiger charge is -2.36. The Bertz CT molecular complexity index is 1750. The van der Waals surface area contributed by atoms with Gasteiger partial charge in [0.2, 0.25) is 5.89 Å². The molecule has 0 aromatic carbocycles. The maximum absolute atomic E-state index is 13.2. The van der Waals surface area contributed by atoms with Gasteiger partial charge in [-0.3, -0.25) is 0 Å². The Kier molecular flexibility index (Phi) is 16.6. The monoisotopic (exact) mass is 728 g/mol. The van der Waals surface area contributed by atoms with Crippen molar-refractivity contribution in [1.82, 2.24) is 9.97 Å². The van der Waals surface area contributed by atoms with Gasteiger partial charge < -0.3 is 33.6 Å². The van der Waals surface area contributed by atoms with E-state index in [1.165, 1.54) is 12.5 Å². The molecule has 5 unspecified atom stereocenters. The van der Waals surface area contributed by atoms with E-state index in [1.54, 1.807) is 111 Å². The Balaban J connectivity index is 1.88. The van der Waals surface area contributed by atoms with Gasteiger partial charge in [-0.2, -0.15) is 0 Å². The molecule has 0 spiro atoms. The van der Waals surface area contributed by atoms with Gasteiger partial charge in [0.25, 0.3) is 0 Å². The summed E-state index contributed by atoms with van der Waals surface area (Å²) in [6, 6.07) is 0. The second kappa shape index (κ2) is 20.8. The summed E-state index contributed by atoms with van der Waals surface area (Å²) in [6.07, 6.45) is 30.0. The first-order valence-corrected chi connectivity index (χ1v) is 17.6. The van der Waals surface area contributed by atoms with Crippen LogP contribution >= 0.6 is 0 Å². The van der Waals surface area contributed by atoms with Crippen molar-refractivity contribution >= 4 is 18.0 Å². The molecule has 2 aromatic rings. The topological polar surface area (TPSA) is 165 Å². The zero-order valence-corrected chi connectivity index (χ0v) is 31.2. The van der Waals surface area contributed by atoms with Crippen molar-refractivity contribution in [3.05, 3.63) is 139 Å². The van der Waals surface area contributed by atoms with Crippen LogP contribution in [-0.4, -0.2) is 67.7 Å². The number of carbonyl (C=O) groups excluding carboxylic acids is 2. The van der Waals surface area contributed by atoms with Crippen LogP contribution in [0.25, 0.3) is 6.08 Å². The molecular formula is C42H52N2O9. The smallest absolute Gasteiger partial charge is 0.360 e. The molecule has 1 aliphatic rings. The third kappa shape index (κ3) is 13.1. The van der Waals surface area contributed by atoms with Crippen LogP contribution in [0, 0.1) is 10.8 Å². The van der Waals surface area contributed by atoms with Gasteiger partial charge in [-0.15, -0.1) is 0 Å². The molecular weight excluding hydrogens is 676 g/mol. The lowest BCUT2D eigenvalue weighted by molar-refractivity contribution is -0.0461. The molecule has 2 aromatic heterocycles. The van der Waals surface area contributed by atoms with E-state index in [-0.39, 0.29) is 29.6 Å². The largest absolute Gasteiger partial charge is 0.457 e. The number of fused-ring (bicyclic) bond motifs is 4. The van der Waals surface area contributed by atoms with Crippen molar-refractivity contribution in [3.8, 4) is 0 Å². The van der Waals surface area contributed by atoms with E-state index in [2.05, 4.69) is 9.97 Å². The van der Waals surface area contributed by atoms with Crippen LogP contribution < -0.4 is 0 Å². The van der Waals surface area contributed by atoms with Crippen molar-refractivity contribution in [2.75, 3.05) is 0 Å². The summed E-state index contributed by atoms with van der Waals surface area (Å²) >= 11 is 0. The highest BCUT2D eigenvalue weighted by Crippen LogP contribution is 2.33. The average molecular weight is 729 g/mol. The second-order valence-corrected chi connectivity index (χ2v) is 13.6. The lowest BCUT2D eigenvalue weighted by atomic mass is 9.79. The number of carbonyl (C=O) groups is 2. The summed E-state index contributed by atoms with van der Waals surface area (Å²) in [5, 5.41) is 32.2. The highest BCUT2D eigenvalue weighted by atomic mass is 16.6. The molecule has 11 heteroatoms. The van der Waals surface area contributed by atoms with Crippen molar-refractivity contribution in [2.45, 2.75) is 91.3 Å². The minimum absolute atomic E-state index is 0.00131. The molecule has 0 saturated carbocycles. The van der Waals surface area contributed by atoms with Crippen LogP contribution in [0.2, 0.25) is 0 Å². The van der Waals surface area contributed by atoms with Gasteiger partial charge in [-0.1, -0.05) is 131 Å². The van der Waals surface area contributed by atoms with E-state index in [0.29, 0.717) is 12.8 Å². The predicted octanol–water partition coefficient (Wildman–Crippen LogP) is 7.39. The van der Waals surface area contributed by atoms with Crippen molar-refractivity contribution < 1.29 is 43.2 Å². The molecule has 0 saturated heterocycles. The zero-order chi connectivity index (χ0) is 38.9. The summed E-state index contributed by atoms with van der Waals surface area (Å²) in [5.41, 5.74) is -1.74. The van der Waals surface area contributed by atoms with Crippen molar-refractivity contribution in [2.24, 2.45) is 10.8 Å². The third-order valence-electron chi connectivity index (χ3n) is 8.74. The zero-order valence-electron chi connectivity index (χ0n) is 31.2. The van der Waals surface area contributed by atoms with E-state index in [9.17, 15) is 24.9 Å². The Morgan fingerprint density at radius 2 is 1.17 bits per heavy atom. The molecule has 3 N–H and O–H groups in total. The molecule has 4 bridgehead atoms. The number of esters is 2. The third-order valence-corrected chi connectivity index (χ3v) is 8.74. The van der Waals surface area contributed by atoms with Crippen LogP contribution in [0.1, 0.15) is 87.1 Å². The first kappa shape index (κ1) is 42.3. The molecule has 5 atom stereocenters. The number of oxazole rings is 2. The molecule has 0 radical (unpaired) electrons. The molecule has 11 nitrogen and oxygen atoms in total. The van der Waals surface area contributed by atoms with E-state index >= 15 is 0 Å². The normalized spacial score (nSPS) is 21.6. The van der Waals surface area contributed by atoms with Crippen molar-refractivity contribution in [3.63, 3.8) is 0 Å². The number of allylic oxidation sites excluding steroid dienone is 12. The molecule has 3 rings (SSSR count). The number of hydrogen-bond acceptors (Lipinski definition) is 11. The van der Waals surface area contributed by atoms with E-state index in [4.69, 9.17) is 18.3 Å². The fraction of sp³-hybridized carbons (Fsp3) is 0.381. The molecule has 53 heavy (non-hydrogen) atoms. The number of aliphatic hydroxyl groups is 3. The summed E-state index contributed by atoms with van der Waals surface area (Å²) in [6.45, 7) is 10.9. The van der Waals surface area contributed by atoms with E-state index in [1.807, 2.05) is 39.8 Å². The number of aliphatic hydroxyl groups excluding tert-OH is 3. The molecule has 3 heterocycles. The van der Waals surface area contributed by atoms with Crippen LogP contribution in [0.15, 0.2) is 125 Å². The Labute approximate surface area is 311 Å². The fourth-order valence-corrected chi connectivity index (χ4v) is 5.11. The molecule has 284 valence electrons. The second-order valence-electron chi connectivity index (χ2n) is 13.6. The molecule has 0 aliphatic carbocycles. The van der Waals surface area contributed by atoms with Crippen LogP contribution in [0.3, 0.4) is 0 Å². The van der Waals surface area contributed by atoms with Gasteiger partial charge in [0.1, 0.15) is 24.7 Å². The summed E-state index contributed by atoms with van der Waals surface area (Å²) < 4.78 is 22.6. The number of ether oxygens (including phenoxy) is 2. The number of nitrogens with zero attached hydrogens (tertiary/aromatic N) is 2. The summed E-state index contributed by atoms with van der Waals surface area (Å²) in [4.78, 5) is 34.7. The maximum Gasteiger partial charge on any atom is 0.360 e. The quantitative estimate of drug-likeness (QED) is 0.201. The maximum atomic E-state index is 13.2. The highest BCUT2D eigenvalue weighted by molar-refractivity contribution is 5.87. The predicted molar refractivity (Wildman–Crippen MR) is 203 cm³/mol. The first-order valence-electron chi connectivity index (χ1n) is 17.6. The average Bonchev–Trinajstić information content (AvgIpc) is 3.79. The van der Waals surface area contributed by atoms with Gasteiger partial charge in [0, 0.05) is 29.7 Å². The minimum atomic E-state index is -0.951. The summed E-state index contributed by atoms with van der Waals surface area (Å²) in [7, 11) is 0. The minimum Gasteiger partial charge on any atom is -0.457 e. The Morgan fingerprint density at radius 3 is 1.72 bits per heavy atom. The van der Waals surface area contributed by atoms with Gasteiger partial charge in [0.05, 0.1) is 24.7 Å². The van der Waals surface area contributed by atoms with Crippen LogP contribution in [0.5, 0.6) is 0 Å². The molecule has 1 aliphatic heterocycles. The van der Waals surface area contributed by atoms with Crippen LogP contribution in [-0.2, 0) is 15.9 Å².